The first kappa shape index (κ1) is 12.1. The van der Waals surface area contributed by atoms with Gasteiger partial charge < -0.3 is 5.73 Å². The largest absolute Gasteiger partial charge is 0.416 e. The molecule has 2 N–H and O–H groups in total. The zero-order valence-corrected chi connectivity index (χ0v) is 7.48. The summed E-state index contributed by atoms with van der Waals surface area (Å²) in [6, 6.07) is 1.71. The molecule has 0 unspecified atom stereocenters. The van der Waals surface area contributed by atoms with Crippen molar-refractivity contribution in [3.8, 4) is 0 Å². The first-order valence-corrected chi connectivity index (χ1v) is 3.86. The Hall–Kier alpha value is -0.970. The topological polar surface area (TPSA) is 26.0 Å². The lowest BCUT2D eigenvalue weighted by Crippen LogP contribution is -2.38. The summed E-state index contributed by atoms with van der Waals surface area (Å²) in [4.78, 5) is 0. The van der Waals surface area contributed by atoms with Gasteiger partial charge in [0, 0.05) is 0 Å². The molecule has 0 fully saturated rings. The molecule has 1 aromatic carbocycles. The molecule has 0 saturated carbocycles. The number of nitrogens with two attached hydrogens (primary N) is 1. The van der Waals surface area contributed by atoms with Crippen LogP contribution in [0.25, 0.3) is 0 Å². The van der Waals surface area contributed by atoms with Crippen molar-refractivity contribution in [1.29, 1.82) is 0 Å². The standard InChI is InChI=1S/C8H5B2F4N/c9-7(10,15)5-3-4(8(12,13)14)1-2-6(5)11/h1-3H,15H2. The molecule has 0 spiro atoms. The van der Waals surface area contributed by atoms with Crippen LogP contribution in [-0.4, -0.2) is 15.7 Å². The van der Waals surface area contributed by atoms with Gasteiger partial charge in [0.2, 0.25) is 0 Å². The second-order valence-electron chi connectivity index (χ2n) is 3.13. The Morgan fingerprint density at radius 3 is 2.07 bits per heavy atom. The second kappa shape index (κ2) is 3.56. The summed E-state index contributed by atoms with van der Waals surface area (Å²) < 4.78 is 49.8. The summed E-state index contributed by atoms with van der Waals surface area (Å²) in [6.07, 6.45) is -4.59. The maximum absolute atomic E-state index is 13.0. The molecule has 7 heteroatoms. The number of rotatable bonds is 1. The van der Waals surface area contributed by atoms with E-state index in [0.29, 0.717) is 18.2 Å². The normalized spacial score (nSPS) is 12.9. The Morgan fingerprint density at radius 1 is 1.13 bits per heavy atom. The van der Waals surface area contributed by atoms with Gasteiger partial charge in [-0.3, -0.25) is 0 Å². The van der Waals surface area contributed by atoms with Crippen LogP contribution in [-0.2, 0) is 11.5 Å². The Bertz CT molecular complexity index is 370. The molecule has 1 nitrogen and oxygen atoms in total. The summed E-state index contributed by atoms with van der Waals surface area (Å²) in [6.45, 7) is 0. The third-order valence-electron chi connectivity index (χ3n) is 1.76. The monoisotopic (exact) mass is 213 g/mol. The van der Waals surface area contributed by atoms with Crippen LogP contribution < -0.4 is 5.73 Å². The van der Waals surface area contributed by atoms with Crippen LogP contribution in [0.1, 0.15) is 11.1 Å². The highest BCUT2D eigenvalue weighted by molar-refractivity contribution is 6.39. The van der Waals surface area contributed by atoms with E-state index in [1.165, 1.54) is 0 Å². The number of halogens is 4. The van der Waals surface area contributed by atoms with Crippen molar-refractivity contribution < 1.29 is 17.6 Å². The van der Waals surface area contributed by atoms with E-state index in [-0.39, 0.29) is 0 Å². The van der Waals surface area contributed by atoms with E-state index in [0.717, 1.165) is 0 Å². The minimum atomic E-state index is -4.59. The quantitative estimate of drug-likeness (QED) is 0.551. The van der Waals surface area contributed by atoms with E-state index in [2.05, 4.69) is 0 Å². The molecule has 15 heavy (non-hydrogen) atoms. The van der Waals surface area contributed by atoms with Crippen molar-refractivity contribution in [2.45, 2.75) is 11.5 Å². The molecule has 0 heterocycles. The van der Waals surface area contributed by atoms with Crippen molar-refractivity contribution in [2.75, 3.05) is 0 Å². The van der Waals surface area contributed by atoms with Gasteiger partial charge >= 0.3 is 6.18 Å². The fourth-order valence-electron chi connectivity index (χ4n) is 1.03. The zero-order chi connectivity index (χ0) is 11.9. The van der Waals surface area contributed by atoms with Crippen LogP contribution in [0.3, 0.4) is 0 Å². The Balaban J connectivity index is 3.30. The van der Waals surface area contributed by atoms with E-state index >= 15 is 0 Å². The SMILES string of the molecule is [B]C([B])(N)c1cc(C(F)(F)F)ccc1F. The van der Waals surface area contributed by atoms with Gasteiger partial charge in [-0.2, -0.15) is 13.2 Å². The lowest BCUT2D eigenvalue weighted by molar-refractivity contribution is -0.137. The van der Waals surface area contributed by atoms with Gasteiger partial charge in [-0.15, -0.1) is 0 Å². The summed E-state index contributed by atoms with van der Waals surface area (Å²) in [7, 11) is 10.2. The highest BCUT2D eigenvalue weighted by Gasteiger charge is 2.32. The minimum absolute atomic E-state index is 0.495. The second-order valence-corrected chi connectivity index (χ2v) is 3.13. The summed E-state index contributed by atoms with van der Waals surface area (Å²) in [5, 5.41) is -2.13. The molecule has 0 aromatic heterocycles. The zero-order valence-electron chi connectivity index (χ0n) is 7.48. The van der Waals surface area contributed by atoms with Gasteiger partial charge in [0.1, 0.15) is 5.82 Å². The van der Waals surface area contributed by atoms with Crippen LogP contribution in [0, 0.1) is 5.82 Å². The van der Waals surface area contributed by atoms with Crippen LogP contribution in [0.4, 0.5) is 17.6 Å². The number of hydrogen-bond acceptors (Lipinski definition) is 1. The van der Waals surface area contributed by atoms with Crippen molar-refractivity contribution in [3.63, 3.8) is 0 Å². The third-order valence-corrected chi connectivity index (χ3v) is 1.76. The highest BCUT2D eigenvalue weighted by Crippen LogP contribution is 2.31. The van der Waals surface area contributed by atoms with E-state index in [1.807, 2.05) is 0 Å². The van der Waals surface area contributed by atoms with Gasteiger partial charge in [-0.25, -0.2) is 4.39 Å². The molecule has 0 saturated heterocycles. The molecule has 76 valence electrons. The third kappa shape index (κ3) is 2.75. The van der Waals surface area contributed by atoms with Crippen molar-refractivity contribution in [1.82, 2.24) is 0 Å². The number of alkyl halides is 3. The molecule has 0 aliphatic carbocycles. The smallest absolute Gasteiger partial charge is 0.337 e. The predicted octanol–water partition coefficient (Wildman–Crippen LogP) is 1.25. The van der Waals surface area contributed by atoms with E-state index in [4.69, 9.17) is 21.4 Å². The van der Waals surface area contributed by atoms with Gasteiger partial charge in [0.25, 0.3) is 0 Å². The molecule has 0 aliphatic rings. The molecule has 0 amide bonds. The molecule has 0 atom stereocenters. The van der Waals surface area contributed by atoms with E-state index < -0.39 is 28.5 Å². The predicted molar refractivity (Wildman–Crippen MR) is 48.8 cm³/mol. The van der Waals surface area contributed by atoms with Crippen LogP contribution in [0.2, 0.25) is 0 Å². The molecular weight excluding hydrogens is 208 g/mol. The average Bonchev–Trinajstić information content (AvgIpc) is 2.00. The first-order chi connectivity index (χ1) is 6.62. The first-order valence-electron chi connectivity index (χ1n) is 3.86. The van der Waals surface area contributed by atoms with Gasteiger partial charge in [0.15, 0.2) is 0 Å². The maximum Gasteiger partial charge on any atom is 0.416 e. The van der Waals surface area contributed by atoms with Gasteiger partial charge in [-0.05, 0) is 29.1 Å². The lowest BCUT2D eigenvalue weighted by Gasteiger charge is -2.22. The Labute approximate surface area is 86.5 Å². The molecule has 1 aromatic rings. The van der Waals surface area contributed by atoms with Crippen molar-refractivity contribution >= 4 is 15.7 Å². The molecular formula is C8H5B2F4N. The van der Waals surface area contributed by atoms with E-state index in [1.54, 1.807) is 0 Å². The molecule has 1 rings (SSSR count). The summed E-state index contributed by atoms with van der Waals surface area (Å²) >= 11 is 0. The average molecular weight is 213 g/mol. The molecule has 0 aliphatic heterocycles. The van der Waals surface area contributed by atoms with Crippen molar-refractivity contribution in [3.05, 3.63) is 35.1 Å². The van der Waals surface area contributed by atoms with E-state index in [9.17, 15) is 17.6 Å². The Morgan fingerprint density at radius 2 is 1.67 bits per heavy atom. The lowest BCUT2D eigenvalue weighted by atomic mass is 9.59. The van der Waals surface area contributed by atoms with Gasteiger partial charge in [0.05, 0.1) is 21.3 Å². The number of hydrogen-bond donors (Lipinski definition) is 1. The number of benzene rings is 1. The van der Waals surface area contributed by atoms with Crippen molar-refractivity contribution in [2.24, 2.45) is 5.73 Å². The van der Waals surface area contributed by atoms with Crippen LogP contribution >= 0.6 is 0 Å². The fraction of sp³-hybridized carbons (Fsp3) is 0.250. The van der Waals surface area contributed by atoms with Gasteiger partial charge in [-0.1, -0.05) is 0 Å². The highest BCUT2D eigenvalue weighted by atomic mass is 19.4. The molecule has 4 radical (unpaired) electrons. The minimum Gasteiger partial charge on any atom is -0.337 e. The fourth-order valence-corrected chi connectivity index (χ4v) is 1.03. The van der Waals surface area contributed by atoms with Crippen LogP contribution in [0.5, 0.6) is 0 Å². The summed E-state index contributed by atoms with van der Waals surface area (Å²) in [5.41, 5.74) is 3.48. The molecule has 0 bridgehead atoms. The maximum atomic E-state index is 13.0. The summed E-state index contributed by atoms with van der Waals surface area (Å²) in [5.74, 6) is -0.976. The van der Waals surface area contributed by atoms with Crippen LogP contribution in [0.15, 0.2) is 18.2 Å². The Kier molecular flexibility index (Phi) is 2.87.